The highest BCUT2D eigenvalue weighted by atomic mass is 32.2. The van der Waals surface area contributed by atoms with Crippen molar-refractivity contribution in [2.24, 2.45) is 5.73 Å². The van der Waals surface area contributed by atoms with Gasteiger partial charge < -0.3 is 5.73 Å². The van der Waals surface area contributed by atoms with Crippen LogP contribution in [0.4, 0.5) is 5.69 Å². The number of nitrogens with one attached hydrogen (secondary N) is 1. The van der Waals surface area contributed by atoms with Crippen LogP contribution in [0.2, 0.25) is 0 Å². The first-order chi connectivity index (χ1) is 9.78. The molecular formula is C16H20N2O2S. The van der Waals surface area contributed by atoms with Crippen molar-refractivity contribution in [3.8, 4) is 0 Å². The highest BCUT2D eigenvalue weighted by molar-refractivity contribution is 7.92. The van der Waals surface area contributed by atoms with E-state index in [1.165, 1.54) is 0 Å². The first-order valence-corrected chi connectivity index (χ1v) is 8.23. The first kappa shape index (κ1) is 15.5. The van der Waals surface area contributed by atoms with E-state index < -0.39 is 10.0 Å². The van der Waals surface area contributed by atoms with Crippen molar-refractivity contribution in [3.63, 3.8) is 0 Å². The second kappa shape index (κ2) is 5.87. The maximum absolute atomic E-state index is 12.4. The maximum atomic E-state index is 12.4. The molecule has 4 nitrogen and oxygen atoms in total. The van der Waals surface area contributed by atoms with Gasteiger partial charge in [-0.15, -0.1) is 0 Å². The molecule has 0 aliphatic carbocycles. The average molecular weight is 304 g/mol. The van der Waals surface area contributed by atoms with Gasteiger partial charge in [-0.25, -0.2) is 8.42 Å². The molecule has 0 aliphatic heterocycles. The molecule has 3 N–H and O–H groups in total. The van der Waals surface area contributed by atoms with Gasteiger partial charge >= 0.3 is 0 Å². The SMILES string of the molecule is Cc1cc(C)cc(NS(=O)(=O)c2cccc(C(C)N)c2)c1. The smallest absolute Gasteiger partial charge is 0.261 e. The van der Waals surface area contributed by atoms with E-state index in [9.17, 15) is 8.42 Å². The standard InChI is InChI=1S/C16H20N2O2S/c1-11-7-12(2)9-15(8-11)18-21(19,20)16-6-4-5-14(10-16)13(3)17/h4-10,13,18H,17H2,1-3H3. The van der Waals surface area contributed by atoms with Crippen LogP contribution < -0.4 is 10.5 Å². The molecule has 1 atom stereocenters. The molecule has 0 heterocycles. The molecule has 112 valence electrons. The predicted octanol–water partition coefficient (Wildman–Crippen LogP) is 3.12. The van der Waals surface area contributed by atoms with E-state index in [0.717, 1.165) is 16.7 Å². The van der Waals surface area contributed by atoms with Gasteiger partial charge in [0.2, 0.25) is 0 Å². The van der Waals surface area contributed by atoms with E-state index in [1.807, 2.05) is 32.9 Å². The average Bonchev–Trinajstić information content (AvgIpc) is 2.37. The van der Waals surface area contributed by atoms with Crippen molar-refractivity contribution in [2.75, 3.05) is 4.72 Å². The first-order valence-electron chi connectivity index (χ1n) is 6.74. The molecule has 0 spiro atoms. The van der Waals surface area contributed by atoms with Gasteiger partial charge in [-0.1, -0.05) is 18.2 Å². The van der Waals surface area contributed by atoms with Gasteiger partial charge in [0, 0.05) is 11.7 Å². The molecule has 0 amide bonds. The Morgan fingerprint density at radius 1 is 1.05 bits per heavy atom. The summed E-state index contributed by atoms with van der Waals surface area (Å²) in [6.45, 7) is 5.69. The van der Waals surface area contributed by atoms with Crippen molar-refractivity contribution in [2.45, 2.75) is 31.7 Å². The van der Waals surface area contributed by atoms with Crippen LogP contribution in [-0.2, 0) is 10.0 Å². The monoisotopic (exact) mass is 304 g/mol. The highest BCUT2D eigenvalue weighted by Crippen LogP contribution is 2.21. The molecule has 2 rings (SSSR count). The minimum atomic E-state index is -3.61. The van der Waals surface area contributed by atoms with E-state index in [1.54, 1.807) is 30.3 Å². The normalized spacial score (nSPS) is 13.0. The van der Waals surface area contributed by atoms with Gasteiger partial charge in [-0.3, -0.25) is 4.72 Å². The molecule has 0 saturated heterocycles. The highest BCUT2D eigenvalue weighted by Gasteiger charge is 2.15. The second-order valence-corrected chi connectivity index (χ2v) is 7.03. The number of hydrogen-bond donors (Lipinski definition) is 2. The molecule has 5 heteroatoms. The summed E-state index contributed by atoms with van der Waals surface area (Å²) in [6.07, 6.45) is 0. The summed E-state index contributed by atoms with van der Waals surface area (Å²) in [5.41, 5.74) is 9.18. The topological polar surface area (TPSA) is 72.2 Å². The summed E-state index contributed by atoms with van der Waals surface area (Å²) < 4.78 is 27.5. The van der Waals surface area contributed by atoms with Crippen molar-refractivity contribution >= 4 is 15.7 Å². The number of benzene rings is 2. The predicted molar refractivity (Wildman–Crippen MR) is 85.8 cm³/mol. The zero-order chi connectivity index (χ0) is 15.6. The molecule has 2 aromatic carbocycles. The molecule has 0 aliphatic rings. The Labute approximate surface area is 126 Å². The third kappa shape index (κ3) is 3.83. The summed E-state index contributed by atoms with van der Waals surface area (Å²) >= 11 is 0. The fourth-order valence-electron chi connectivity index (χ4n) is 2.21. The Hall–Kier alpha value is -1.85. The van der Waals surface area contributed by atoms with Crippen LogP contribution in [0.5, 0.6) is 0 Å². The van der Waals surface area contributed by atoms with E-state index in [2.05, 4.69) is 4.72 Å². The van der Waals surface area contributed by atoms with Crippen molar-refractivity contribution < 1.29 is 8.42 Å². The lowest BCUT2D eigenvalue weighted by Crippen LogP contribution is -2.14. The van der Waals surface area contributed by atoms with Gasteiger partial charge in [-0.2, -0.15) is 0 Å². The minimum absolute atomic E-state index is 0.207. The lowest BCUT2D eigenvalue weighted by Gasteiger charge is -2.12. The largest absolute Gasteiger partial charge is 0.324 e. The van der Waals surface area contributed by atoms with E-state index in [0.29, 0.717) is 5.69 Å². The zero-order valence-corrected chi connectivity index (χ0v) is 13.2. The Balaban J connectivity index is 2.36. The molecular weight excluding hydrogens is 284 g/mol. The molecule has 2 aromatic rings. The number of sulfonamides is 1. The van der Waals surface area contributed by atoms with Crippen LogP contribution >= 0.6 is 0 Å². The summed E-state index contributed by atoms with van der Waals surface area (Å²) in [7, 11) is -3.61. The Bertz CT molecular complexity index is 732. The summed E-state index contributed by atoms with van der Waals surface area (Å²) in [6, 6.07) is 12.1. The van der Waals surface area contributed by atoms with Gasteiger partial charge in [0.15, 0.2) is 0 Å². The lowest BCUT2D eigenvalue weighted by atomic mass is 10.1. The Morgan fingerprint density at radius 3 is 2.24 bits per heavy atom. The molecule has 0 saturated carbocycles. The van der Waals surface area contributed by atoms with Gasteiger partial charge in [0.05, 0.1) is 4.90 Å². The van der Waals surface area contributed by atoms with Crippen molar-refractivity contribution in [1.82, 2.24) is 0 Å². The number of aryl methyl sites for hydroxylation is 2. The van der Waals surface area contributed by atoms with Crippen LogP contribution in [0.25, 0.3) is 0 Å². The summed E-state index contributed by atoms with van der Waals surface area (Å²) in [5.74, 6) is 0. The van der Waals surface area contributed by atoms with Crippen molar-refractivity contribution in [3.05, 3.63) is 59.2 Å². The Kier molecular flexibility index (Phi) is 4.34. The van der Waals surface area contributed by atoms with E-state index in [4.69, 9.17) is 5.73 Å². The quantitative estimate of drug-likeness (QED) is 0.911. The molecule has 0 fully saturated rings. The number of rotatable bonds is 4. The fourth-order valence-corrected chi connectivity index (χ4v) is 3.31. The summed E-state index contributed by atoms with van der Waals surface area (Å²) in [4.78, 5) is 0.219. The maximum Gasteiger partial charge on any atom is 0.261 e. The van der Waals surface area contributed by atoms with Crippen LogP contribution in [0.1, 0.15) is 29.7 Å². The van der Waals surface area contributed by atoms with E-state index >= 15 is 0 Å². The van der Waals surface area contributed by atoms with Crippen LogP contribution in [-0.4, -0.2) is 8.42 Å². The van der Waals surface area contributed by atoms with Gasteiger partial charge in [0.1, 0.15) is 0 Å². The van der Waals surface area contributed by atoms with Gasteiger partial charge in [0.25, 0.3) is 10.0 Å². The number of anilines is 1. The van der Waals surface area contributed by atoms with Crippen LogP contribution in [0, 0.1) is 13.8 Å². The fraction of sp³-hybridized carbons (Fsp3) is 0.250. The number of nitrogens with two attached hydrogens (primary N) is 1. The third-order valence-corrected chi connectivity index (χ3v) is 4.55. The molecule has 0 bridgehead atoms. The third-order valence-electron chi connectivity index (χ3n) is 3.17. The lowest BCUT2D eigenvalue weighted by molar-refractivity contribution is 0.601. The van der Waals surface area contributed by atoms with Crippen molar-refractivity contribution in [1.29, 1.82) is 0 Å². The second-order valence-electron chi connectivity index (χ2n) is 5.34. The van der Waals surface area contributed by atoms with E-state index in [-0.39, 0.29) is 10.9 Å². The zero-order valence-electron chi connectivity index (χ0n) is 12.4. The molecule has 21 heavy (non-hydrogen) atoms. The minimum Gasteiger partial charge on any atom is -0.324 e. The number of hydrogen-bond acceptors (Lipinski definition) is 3. The van der Waals surface area contributed by atoms with Gasteiger partial charge in [-0.05, 0) is 61.7 Å². The van der Waals surface area contributed by atoms with Crippen LogP contribution in [0.15, 0.2) is 47.4 Å². The summed E-state index contributed by atoms with van der Waals surface area (Å²) in [5, 5.41) is 0. The molecule has 0 radical (unpaired) electrons. The molecule has 0 aromatic heterocycles. The Morgan fingerprint density at radius 2 is 1.67 bits per heavy atom. The molecule has 1 unspecified atom stereocenters. The van der Waals surface area contributed by atoms with Crippen LogP contribution in [0.3, 0.4) is 0 Å².